The number of fused-ring (bicyclic) bond motifs is 1. The summed E-state index contributed by atoms with van der Waals surface area (Å²) in [5, 5.41) is 2.56. The number of benzene rings is 3. The summed E-state index contributed by atoms with van der Waals surface area (Å²) in [6.07, 6.45) is 1.95. The Labute approximate surface area is 119 Å². The van der Waals surface area contributed by atoms with Gasteiger partial charge in [-0.15, -0.1) is 0 Å². The van der Waals surface area contributed by atoms with Crippen LogP contribution >= 0.6 is 0 Å². The minimum absolute atomic E-state index is 0.154. The van der Waals surface area contributed by atoms with Crippen LogP contribution in [0.4, 0.5) is 0 Å². The molecule has 1 nitrogen and oxygen atoms in total. The largest absolute Gasteiger partial charge is 0.285 e. The molecule has 1 unspecified atom stereocenters. The number of hydrogen-bond acceptors (Lipinski definition) is 1. The van der Waals surface area contributed by atoms with E-state index in [-0.39, 0.29) is 6.04 Å². The number of hydrogen-bond donors (Lipinski definition) is 0. The predicted octanol–water partition coefficient (Wildman–Crippen LogP) is 5.02. The van der Waals surface area contributed by atoms with E-state index in [4.69, 9.17) is 0 Å². The molecule has 1 heteroatoms. The van der Waals surface area contributed by atoms with Gasteiger partial charge in [0.1, 0.15) is 0 Å². The van der Waals surface area contributed by atoms with Crippen LogP contribution < -0.4 is 0 Å². The molecule has 3 aromatic rings. The van der Waals surface area contributed by atoms with Gasteiger partial charge in [0, 0.05) is 6.21 Å². The highest BCUT2D eigenvalue weighted by atomic mass is 14.8. The fraction of sp³-hybridized carbons (Fsp3) is 0.105. The Morgan fingerprint density at radius 2 is 1.50 bits per heavy atom. The third kappa shape index (κ3) is 2.62. The van der Waals surface area contributed by atoms with Crippen LogP contribution in [0.3, 0.4) is 0 Å². The van der Waals surface area contributed by atoms with Crippen molar-refractivity contribution in [3.05, 3.63) is 83.9 Å². The monoisotopic (exact) mass is 259 g/mol. The lowest BCUT2D eigenvalue weighted by Gasteiger charge is -2.10. The molecule has 0 N–H and O–H groups in total. The van der Waals surface area contributed by atoms with Crippen molar-refractivity contribution in [2.24, 2.45) is 4.99 Å². The van der Waals surface area contributed by atoms with Gasteiger partial charge >= 0.3 is 0 Å². The standard InChI is InChI=1S/C19H17N/c1-15(20-14-16-8-3-2-4-9-16)18-13-7-11-17-10-5-6-12-19(17)18/h2-15H,1H3. The van der Waals surface area contributed by atoms with Crippen molar-refractivity contribution in [3.8, 4) is 0 Å². The van der Waals surface area contributed by atoms with Crippen molar-refractivity contribution < 1.29 is 0 Å². The van der Waals surface area contributed by atoms with E-state index in [1.807, 2.05) is 24.4 Å². The molecule has 0 radical (unpaired) electrons. The third-order valence-electron chi connectivity index (χ3n) is 3.52. The number of rotatable bonds is 3. The third-order valence-corrected chi connectivity index (χ3v) is 3.52. The Bertz CT molecular complexity index is 724. The van der Waals surface area contributed by atoms with Crippen molar-refractivity contribution in [3.63, 3.8) is 0 Å². The summed E-state index contributed by atoms with van der Waals surface area (Å²) in [5.41, 5.74) is 2.41. The Balaban J connectivity index is 1.93. The lowest BCUT2D eigenvalue weighted by molar-refractivity contribution is 0.834. The first-order valence-electron chi connectivity index (χ1n) is 6.90. The molecule has 20 heavy (non-hydrogen) atoms. The van der Waals surface area contributed by atoms with E-state index >= 15 is 0 Å². The van der Waals surface area contributed by atoms with Crippen LogP contribution in [0.25, 0.3) is 10.8 Å². The maximum Gasteiger partial charge on any atom is 0.0727 e. The average Bonchev–Trinajstić information content (AvgIpc) is 2.53. The molecule has 0 aliphatic rings. The first-order valence-corrected chi connectivity index (χ1v) is 6.90. The predicted molar refractivity (Wildman–Crippen MR) is 86.4 cm³/mol. The van der Waals surface area contributed by atoms with Gasteiger partial charge in [0.25, 0.3) is 0 Å². The van der Waals surface area contributed by atoms with E-state index in [1.165, 1.54) is 16.3 Å². The normalized spacial score (nSPS) is 12.8. The molecule has 0 aromatic heterocycles. The lowest BCUT2D eigenvalue weighted by Crippen LogP contribution is -1.92. The summed E-state index contributed by atoms with van der Waals surface area (Å²) in [6, 6.07) is 25.3. The van der Waals surface area contributed by atoms with Crippen LogP contribution in [0.5, 0.6) is 0 Å². The van der Waals surface area contributed by atoms with E-state index in [0.717, 1.165) is 5.56 Å². The zero-order chi connectivity index (χ0) is 13.8. The molecule has 0 fully saturated rings. The van der Waals surface area contributed by atoms with Crippen LogP contribution in [0.15, 0.2) is 77.8 Å². The SMILES string of the molecule is CC(N=Cc1ccccc1)c1cccc2ccccc12. The van der Waals surface area contributed by atoms with Gasteiger partial charge in [-0.05, 0) is 28.8 Å². The van der Waals surface area contributed by atoms with Gasteiger partial charge < -0.3 is 0 Å². The van der Waals surface area contributed by atoms with E-state index < -0.39 is 0 Å². The maximum absolute atomic E-state index is 4.69. The van der Waals surface area contributed by atoms with Gasteiger partial charge in [-0.2, -0.15) is 0 Å². The van der Waals surface area contributed by atoms with Gasteiger partial charge in [-0.1, -0.05) is 72.8 Å². The molecular formula is C19H17N. The summed E-state index contributed by atoms with van der Waals surface area (Å²) < 4.78 is 0. The molecule has 98 valence electrons. The highest BCUT2D eigenvalue weighted by Crippen LogP contribution is 2.26. The molecule has 0 spiro atoms. The van der Waals surface area contributed by atoms with Crippen LogP contribution in [-0.4, -0.2) is 6.21 Å². The second-order valence-electron chi connectivity index (χ2n) is 4.93. The van der Waals surface area contributed by atoms with Gasteiger partial charge in [0.05, 0.1) is 6.04 Å². The molecule has 0 aliphatic heterocycles. The minimum atomic E-state index is 0.154. The van der Waals surface area contributed by atoms with Crippen molar-refractivity contribution >= 4 is 17.0 Å². The first-order chi connectivity index (χ1) is 9.84. The molecule has 3 rings (SSSR count). The van der Waals surface area contributed by atoms with Crippen LogP contribution in [0, 0.1) is 0 Å². The van der Waals surface area contributed by atoms with Crippen LogP contribution in [0.1, 0.15) is 24.1 Å². The van der Waals surface area contributed by atoms with Crippen molar-refractivity contribution in [2.75, 3.05) is 0 Å². The number of nitrogens with zero attached hydrogens (tertiary/aromatic N) is 1. The highest BCUT2D eigenvalue weighted by Gasteiger charge is 2.06. The topological polar surface area (TPSA) is 12.4 Å². The molecule has 0 saturated carbocycles. The summed E-state index contributed by atoms with van der Waals surface area (Å²) in [6.45, 7) is 2.14. The zero-order valence-electron chi connectivity index (χ0n) is 11.5. The van der Waals surface area contributed by atoms with Crippen molar-refractivity contribution in [2.45, 2.75) is 13.0 Å². The fourth-order valence-electron chi connectivity index (χ4n) is 2.43. The summed E-state index contributed by atoms with van der Waals surface area (Å²) >= 11 is 0. The minimum Gasteiger partial charge on any atom is -0.285 e. The Kier molecular flexibility index (Phi) is 3.60. The zero-order valence-corrected chi connectivity index (χ0v) is 11.5. The Morgan fingerprint density at radius 1 is 0.800 bits per heavy atom. The Morgan fingerprint density at radius 3 is 2.35 bits per heavy atom. The average molecular weight is 259 g/mol. The van der Waals surface area contributed by atoms with E-state index in [1.54, 1.807) is 0 Å². The smallest absolute Gasteiger partial charge is 0.0727 e. The molecular weight excluding hydrogens is 242 g/mol. The fourth-order valence-corrected chi connectivity index (χ4v) is 2.43. The molecule has 0 saturated heterocycles. The molecule has 0 aliphatic carbocycles. The van der Waals surface area contributed by atoms with Gasteiger partial charge in [-0.25, -0.2) is 0 Å². The second-order valence-corrected chi connectivity index (χ2v) is 4.93. The van der Waals surface area contributed by atoms with Crippen molar-refractivity contribution in [1.29, 1.82) is 0 Å². The summed E-state index contributed by atoms with van der Waals surface area (Å²) in [4.78, 5) is 4.69. The number of aliphatic imine (C=N–C) groups is 1. The summed E-state index contributed by atoms with van der Waals surface area (Å²) in [5.74, 6) is 0. The summed E-state index contributed by atoms with van der Waals surface area (Å²) in [7, 11) is 0. The van der Waals surface area contributed by atoms with E-state index in [9.17, 15) is 0 Å². The Hall–Kier alpha value is -2.41. The molecule has 0 bridgehead atoms. The maximum atomic E-state index is 4.69. The second kappa shape index (κ2) is 5.70. The molecule has 1 atom stereocenters. The van der Waals surface area contributed by atoms with E-state index in [0.29, 0.717) is 0 Å². The van der Waals surface area contributed by atoms with Gasteiger partial charge in [-0.3, -0.25) is 4.99 Å². The highest BCUT2D eigenvalue weighted by molar-refractivity contribution is 5.86. The van der Waals surface area contributed by atoms with E-state index in [2.05, 4.69) is 66.5 Å². The molecule has 0 heterocycles. The van der Waals surface area contributed by atoms with Gasteiger partial charge in [0.15, 0.2) is 0 Å². The van der Waals surface area contributed by atoms with Crippen LogP contribution in [-0.2, 0) is 0 Å². The lowest BCUT2D eigenvalue weighted by atomic mass is 10.00. The first kappa shape index (κ1) is 12.6. The van der Waals surface area contributed by atoms with Gasteiger partial charge in [0.2, 0.25) is 0 Å². The van der Waals surface area contributed by atoms with Crippen molar-refractivity contribution in [1.82, 2.24) is 0 Å². The molecule has 0 amide bonds. The quantitative estimate of drug-likeness (QED) is 0.586. The molecule has 3 aromatic carbocycles. The van der Waals surface area contributed by atoms with Crippen LogP contribution in [0.2, 0.25) is 0 Å².